The maximum absolute atomic E-state index is 12.8. The van der Waals surface area contributed by atoms with Crippen molar-refractivity contribution in [2.24, 2.45) is 0 Å². The lowest BCUT2D eigenvalue weighted by atomic mass is 10.2. The van der Waals surface area contributed by atoms with Crippen molar-refractivity contribution in [1.82, 2.24) is 19.0 Å². The highest BCUT2D eigenvalue weighted by Crippen LogP contribution is 2.31. The number of aryl methyl sites for hydroxylation is 2. The van der Waals surface area contributed by atoms with Gasteiger partial charge in [0.1, 0.15) is 6.04 Å². The number of piperazine rings is 1. The minimum absolute atomic E-state index is 0.180. The van der Waals surface area contributed by atoms with E-state index in [-0.39, 0.29) is 16.7 Å². The molecule has 0 aromatic carbocycles. The molecule has 9 heteroatoms. The molecule has 2 aliphatic carbocycles. The van der Waals surface area contributed by atoms with E-state index in [1.54, 1.807) is 17.9 Å². The molecule has 1 saturated heterocycles. The van der Waals surface area contributed by atoms with Gasteiger partial charge < -0.3 is 4.90 Å². The van der Waals surface area contributed by atoms with E-state index in [1.807, 2.05) is 0 Å². The molecular weight excluding hydrogens is 356 g/mol. The molecule has 4 rings (SSSR count). The predicted molar refractivity (Wildman–Crippen MR) is 95.3 cm³/mol. The first kappa shape index (κ1) is 17.7. The SMILES string of the molecule is C[C@H](C(=O)N1CCN(S(=O)(=O)C2CC2)CC1)n1nc2c(cc1=O)CCC2. The second kappa shape index (κ2) is 6.45. The Hall–Kier alpha value is -1.74. The van der Waals surface area contributed by atoms with Gasteiger partial charge in [-0.2, -0.15) is 9.40 Å². The van der Waals surface area contributed by atoms with Crippen LogP contribution < -0.4 is 5.56 Å². The number of aromatic nitrogens is 2. The Kier molecular flexibility index (Phi) is 4.38. The van der Waals surface area contributed by atoms with Crippen LogP contribution in [0.15, 0.2) is 10.9 Å². The summed E-state index contributed by atoms with van der Waals surface area (Å²) in [5, 5.41) is 4.18. The Labute approximate surface area is 152 Å². The number of nitrogens with zero attached hydrogens (tertiary/aromatic N) is 4. The molecule has 0 N–H and O–H groups in total. The summed E-state index contributed by atoms with van der Waals surface area (Å²) in [5.41, 5.74) is 1.65. The van der Waals surface area contributed by atoms with Crippen molar-refractivity contribution in [3.8, 4) is 0 Å². The zero-order valence-corrected chi connectivity index (χ0v) is 15.7. The Morgan fingerprint density at radius 2 is 1.88 bits per heavy atom. The summed E-state index contributed by atoms with van der Waals surface area (Å²) < 4.78 is 27.4. The molecule has 1 aliphatic heterocycles. The number of hydrogen-bond donors (Lipinski definition) is 0. The van der Waals surface area contributed by atoms with E-state index < -0.39 is 16.1 Å². The fourth-order valence-corrected chi connectivity index (χ4v) is 5.63. The monoisotopic (exact) mass is 380 g/mol. The first-order valence-corrected chi connectivity index (χ1v) is 10.8. The van der Waals surface area contributed by atoms with E-state index in [0.717, 1.165) is 43.4 Å². The average Bonchev–Trinajstić information content (AvgIpc) is 3.40. The van der Waals surface area contributed by atoms with Crippen LogP contribution in [0.2, 0.25) is 0 Å². The molecule has 0 radical (unpaired) electrons. The first-order chi connectivity index (χ1) is 12.4. The molecule has 2 fully saturated rings. The third-order valence-corrected chi connectivity index (χ3v) is 7.96. The van der Waals surface area contributed by atoms with Gasteiger partial charge in [0, 0.05) is 32.2 Å². The first-order valence-electron chi connectivity index (χ1n) is 9.27. The largest absolute Gasteiger partial charge is 0.338 e. The van der Waals surface area contributed by atoms with Crippen LogP contribution in [0.1, 0.15) is 43.5 Å². The Balaban J connectivity index is 1.44. The standard InChI is InChI=1S/C17H24N4O4S/c1-12(21-16(22)11-13-3-2-4-15(13)18-21)17(23)19-7-9-20(10-8-19)26(24,25)14-5-6-14/h11-12,14H,2-10H2,1H3/t12-/m1/s1. The lowest BCUT2D eigenvalue weighted by Gasteiger charge is -2.35. The van der Waals surface area contributed by atoms with E-state index in [2.05, 4.69) is 5.10 Å². The molecule has 2 heterocycles. The lowest BCUT2D eigenvalue weighted by Crippen LogP contribution is -2.53. The molecular formula is C17H24N4O4S. The highest BCUT2D eigenvalue weighted by atomic mass is 32.2. The van der Waals surface area contributed by atoms with Crippen LogP contribution in [0.5, 0.6) is 0 Å². The fourth-order valence-electron chi connectivity index (χ4n) is 3.80. The second-order valence-corrected chi connectivity index (χ2v) is 9.61. The average molecular weight is 380 g/mol. The predicted octanol–water partition coefficient (Wildman–Crippen LogP) is -0.0706. The Bertz CT molecular complexity index is 883. The molecule has 26 heavy (non-hydrogen) atoms. The molecule has 0 spiro atoms. The normalized spacial score (nSPS) is 22.3. The maximum Gasteiger partial charge on any atom is 0.267 e. The number of amides is 1. The number of rotatable bonds is 4. The van der Waals surface area contributed by atoms with Crippen molar-refractivity contribution in [3.05, 3.63) is 27.7 Å². The second-order valence-electron chi connectivity index (χ2n) is 7.40. The molecule has 1 amide bonds. The highest BCUT2D eigenvalue weighted by molar-refractivity contribution is 7.90. The summed E-state index contributed by atoms with van der Waals surface area (Å²) >= 11 is 0. The molecule has 1 atom stereocenters. The summed E-state index contributed by atoms with van der Waals surface area (Å²) in [4.78, 5) is 26.8. The third-order valence-electron chi connectivity index (χ3n) is 5.56. The summed E-state index contributed by atoms with van der Waals surface area (Å²) in [6.45, 7) is 3.04. The summed E-state index contributed by atoms with van der Waals surface area (Å²) in [7, 11) is -3.20. The highest BCUT2D eigenvalue weighted by Gasteiger charge is 2.41. The van der Waals surface area contributed by atoms with Crippen LogP contribution in [0.3, 0.4) is 0 Å². The van der Waals surface area contributed by atoms with Gasteiger partial charge in [-0.25, -0.2) is 13.1 Å². The van der Waals surface area contributed by atoms with E-state index in [9.17, 15) is 18.0 Å². The molecule has 1 saturated carbocycles. The van der Waals surface area contributed by atoms with Crippen LogP contribution >= 0.6 is 0 Å². The minimum Gasteiger partial charge on any atom is -0.338 e. The molecule has 3 aliphatic rings. The molecule has 0 unspecified atom stereocenters. The number of carbonyl (C=O) groups is 1. The Morgan fingerprint density at radius 3 is 2.54 bits per heavy atom. The van der Waals surface area contributed by atoms with Gasteiger partial charge in [-0.15, -0.1) is 0 Å². The Morgan fingerprint density at radius 1 is 1.19 bits per heavy atom. The van der Waals surface area contributed by atoms with Gasteiger partial charge in [0.15, 0.2) is 0 Å². The molecule has 142 valence electrons. The van der Waals surface area contributed by atoms with Crippen LogP contribution in [0.25, 0.3) is 0 Å². The quantitative estimate of drug-likeness (QED) is 0.729. The summed E-state index contributed by atoms with van der Waals surface area (Å²) in [5.74, 6) is -0.180. The summed E-state index contributed by atoms with van der Waals surface area (Å²) in [6, 6.07) is 0.916. The van der Waals surface area contributed by atoms with Crippen molar-refractivity contribution in [1.29, 1.82) is 0 Å². The topological polar surface area (TPSA) is 92.6 Å². The van der Waals surface area contributed by atoms with E-state index in [0.29, 0.717) is 26.2 Å². The van der Waals surface area contributed by atoms with Gasteiger partial charge in [-0.3, -0.25) is 9.59 Å². The fraction of sp³-hybridized carbons (Fsp3) is 0.706. The number of carbonyl (C=O) groups excluding carboxylic acids is 1. The third kappa shape index (κ3) is 3.07. The smallest absolute Gasteiger partial charge is 0.267 e. The van der Waals surface area contributed by atoms with Crippen LogP contribution in [0.4, 0.5) is 0 Å². The molecule has 1 aromatic rings. The number of hydrogen-bond acceptors (Lipinski definition) is 5. The molecule has 1 aromatic heterocycles. The van der Waals surface area contributed by atoms with Crippen LogP contribution in [0, 0.1) is 0 Å². The van der Waals surface area contributed by atoms with E-state index >= 15 is 0 Å². The molecule has 0 bridgehead atoms. The number of fused-ring (bicyclic) bond motifs is 1. The number of sulfonamides is 1. The van der Waals surface area contributed by atoms with Crippen molar-refractivity contribution >= 4 is 15.9 Å². The van der Waals surface area contributed by atoms with Gasteiger partial charge >= 0.3 is 0 Å². The molecule has 8 nitrogen and oxygen atoms in total. The maximum atomic E-state index is 12.8. The summed E-state index contributed by atoms with van der Waals surface area (Å²) in [6.07, 6.45) is 4.19. The zero-order chi connectivity index (χ0) is 18.5. The van der Waals surface area contributed by atoms with Gasteiger partial charge in [0.05, 0.1) is 10.9 Å². The van der Waals surface area contributed by atoms with Gasteiger partial charge in [-0.05, 0) is 44.6 Å². The minimum atomic E-state index is -3.20. The zero-order valence-electron chi connectivity index (χ0n) is 14.9. The van der Waals surface area contributed by atoms with Crippen molar-refractivity contribution in [2.45, 2.75) is 50.3 Å². The van der Waals surface area contributed by atoms with Crippen LogP contribution in [-0.4, -0.2) is 64.7 Å². The van der Waals surface area contributed by atoms with Gasteiger partial charge in [0.2, 0.25) is 15.9 Å². The van der Waals surface area contributed by atoms with Crippen LogP contribution in [-0.2, 0) is 27.7 Å². The van der Waals surface area contributed by atoms with Crippen molar-refractivity contribution in [2.75, 3.05) is 26.2 Å². The van der Waals surface area contributed by atoms with Gasteiger partial charge in [0.25, 0.3) is 5.56 Å². The van der Waals surface area contributed by atoms with Crippen molar-refractivity contribution < 1.29 is 13.2 Å². The van der Waals surface area contributed by atoms with E-state index in [4.69, 9.17) is 0 Å². The van der Waals surface area contributed by atoms with Crippen molar-refractivity contribution in [3.63, 3.8) is 0 Å². The van der Waals surface area contributed by atoms with Gasteiger partial charge in [-0.1, -0.05) is 0 Å². The lowest BCUT2D eigenvalue weighted by molar-refractivity contribution is -0.135. The van der Waals surface area contributed by atoms with E-state index in [1.165, 1.54) is 8.99 Å².